The van der Waals surface area contributed by atoms with Crippen molar-refractivity contribution >= 4 is 0 Å². The average molecular weight is 232 g/mol. The Hall–Kier alpha value is -0.160. The zero-order valence-corrected chi connectivity index (χ0v) is 11.3. The Morgan fingerprint density at radius 2 is 1.88 bits per heavy atom. The van der Waals surface area contributed by atoms with Crippen LogP contribution in [-0.4, -0.2) is 55.5 Å². The lowest BCUT2D eigenvalue weighted by Crippen LogP contribution is -2.52. The number of nitrogens with two attached hydrogens (primary N) is 1. The van der Waals surface area contributed by atoms with E-state index in [1.807, 2.05) is 7.05 Å². The fraction of sp³-hybridized carbons (Fsp3) is 1.00. The third kappa shape index (κ3) is 5.25. The SMILES string of the molecule is COCC(C)N(C)C(CO)C(N)CC(C)C. The van der Waals surface area contributed by atoms with Gasteiger partial charge in [-0.2, -0.15) is 0 Å². The molecule has 0 aromatic rings. The van der Waals surface area contributed by atoms with Gasteiger partial charge in [-0.1, -0.05) is 13.8 Å². The van der Waals surface area contributed by atoms with E-state index >= 15 is 0 Å². The Balaban J connectivity index is 4.34. The van der Waals surface area contributed by atoms with Crippen LogP contribution < -0.4 is 5.73 Å². The van der Waals surface area contributed by atoms with Crippen molar-refractivity contribution in [3.8, 4) is 0 Å². The second-order valence-electron chi connectivity index (χ2n) is 5.01. The van der Waals surface area contributed by atoms with Crippen LogP contribution in [0.25, 0.3) is 0 Å². The molecule has 0 amide bonds. The standard InChI is InChI=1S/C12H28N2O2/c1-9(2)6-11(13)12(7-15)14(4)10(3)8-16-5/h9-12,15H,6-8,13H2,1-5H3. The molecular formula is C12H28N2O2. The van der Waals surface area contributed by atoms with Crippen molar-refractivity contribution in [1.82, 2.24) is 4.90 Å². The molecule has 0 radical (unpaired) electrons. The Labute approximate surface area is 99.8 Å². The third-order valence-electron chi connectivity index (χ3n) is 3.05. The van der Waals surface area contributed by atoms with E-state index < -0.39 is 0 Å². The minimum Gasteiger partial charge on any atom is -0.395 e. The van der Waals surface area contributed by atoms with E-state index in [4.69, 9.17) is 10.5 Å². The molecule has 3 N–H and O–H groups in total. The highest BCUT2D eigenvalue weighted by molar-refractivity contribution is 4.83. The number of methoxy groups -OCH3 is 1. The highest BCUT2D eigenvalue weighted by Gasteiger charge is 2.25. The molecular weight excluding hydrogens is 204 g/mol. The van der Waals surface area contributed by atoms with Gasteiger partial charge in [-0.15, -0.1) is 0 Å². The van der Waals surface area contributed by atoms with Crippen LogP contribution >= 0.6 is 0 Å². The summed E-state index contributed by atoms with van der Waals surface area (Å²) >= 11 is 0. The zero-order valence-electron chi connectivity index (χ0n) is 11.3. The molecule has 98 valence electrons. The van der Waals surface area contributed by atoms with Crippen LogP contribution in [0.4, 0.5) is 0 Å². The topological polar surface area (TPSA) is 58.7 Å². The number of ether oxygens (including phenoxy) is 1. The van der Waals surface area contributed by atoms with Crippen molar-refractivity contribution in [1.29, 1.82) is 0 Å². The van der Waals surface area contributed by atoms with Crippen molar-refractivity contribution in [3.63, 3.8) is 0 Å². The summed E-state index contributed by atoms with van der Waals surface area (Å²) in [7, 11) is 3.68. The smallest absolute Gasteiger partial charge is 0.0615 e. The summed E-state index contributed by atoms with van der Waals surface area (Å²) in [6.45, 7) is 7.12. The maximum absolute atomic E-state index is 9.43. The van der Waals surface area contributed by atoms with Crippen molar-refractivity contribution < 1.29 is 9.84 Å². The van der Waals surface area contributed by atoms with Crippen LogP contribution in [0.3, 0.4) is 0 Å². The van der Waals surface area contributed by atoms with Gasteiger partial charge in [0.1, 0.15) is 0 Å². The van der Waals surface area contributed by atoms with E-state index in [2.05, 4.69) is 25.7 Å². The van der Waals surface area contributed by atoms with Crippen LogP contribution in [-0.2, 0) is 4.74 Å². The predicted molar refractivity (Wildman–Crippen MR) is 67.4 cm³/mol. The highest BCUT2D eigenvalue weighted by atomic mass is 16.5. The molecule has 0 bridgehead atoms. The molecule has 0 spiro atoms. The molecule has 0 aromatic heterocycles. The Kier molecular flexibility index (Phi) is 7.93. The molecule has 0 heterocycles. The Morgan fingerprint density at radius 3 is 2.25 bits per heavy atom. The maximum Gasteiger partial charge on any atom is 0.0615 e. The normalized spacial score (nSPS) is 17.8. The van der Waals surface area contributed by atoms with Crippen LogP contribution in [0.2, 0.25) is 0 Å². The number of aliphatic hydroxyl groups excluding tert-OH is 1. The van der Waals surface area contributed by atoms with Crippen molar-refractivity contribution in [2.75, 3.05) is 27.4 Å². The first-order valence-electron chi connectivity index (χ1n) is 6.01. The molecule has 4 heteroatoms. The summed E-state index contributed by atoms with van der Waals surface area (Å²) in [5, 5.41) is 9.43. The summed E-state index contributed by atoms with van der Waals surface area (Å²) in [5.41, 5.74) is 6.12. The first-order chi connectivity index (χ1) is 7.43. The Morgan fingerprint density at radius 1 is 1.31 bits per heavy atom. The largest absolute Gasteiger partial charge is 0.395 e. The lowest BCUT2D eigenvalue weighted by Gasteiger charge is -2.35. The molecule has 3 atom stereocenters. The molecule has 4 nitrogen and oxygen atoms in total. The van der Waals surface area contributed by atoms with Gasteiger partial charge in [0.25, 0.3) is 0 Å². The lowest BCUT2D eigenvalue weighted by molar-refractivity contribution is 0.0506. The number of hydrogen-bond donors (Lipinski definition) is 2. The van der Waals surface area contributed by atoms with Gasteiger partial charge in [-0.25, -0.2) is 0 Å². The molecule has 0 saturated heterocycles. The second kappa shape index (κ2) is 8.01. The van der Waals surface area contributed by atoms with E-state index in [0.29, 0.717) is 12.5 Å². The summed E-state index contributed by atoms with van der Waals surface area (Å²) in [6.07, 6.45) is 0.926. The first-order valence-corrected chi connectivity index (χ1v) is 6.01. The minimum atomic E-state index is 0.00699. The van der Waals surface area contributed by atoms with Crippen molar-refractivity contribution in [3.05, 3.63) is 0 Å². The predicted octanol–water partition coefficient (Wildman–Crippen LogP) is 0.687. The number of likely N-dealkylation sites (N-methyl/N-ethyl adjacent to an activating group) is 1. The van der Waals surface area contributed by atoms with Crippen LogP contribution in [0.15, 0.2) is 0 Å². The summed E-state index contributed by atoms with van der Waals surface area (Å²) < 4.78 is 5.12. The fourth-order valence-electron chi connectivity index (χ4n) is 1.95. The van der Waals surface area contributed by atoms with Crippen LogP contribution in [0, 0.1) is 5.92 Å². The van der Waals surface area contributed by atoms with Gasteiger partial charge in [0.05, 0.1) is 13.2 Å². The van der Waals surface area contributed by atoms with Gasteiger partial charge in [-0.05, 0) is 26.3 Å². The van der Waals surface area contributed by atoms with Gasteiger partial charge < -0.3 is 15.6 Å². The number of hydrogen-bond acceptors (Lipinski definition) is 4. The first kappa shape index (κ1) is 15.8. The van der Waals surface area contributed by atoms with Crippen molar-refractivity contribution in [2.45, 2.75) is 45.3 Å². The molecule has 3 unspecified atom stereocenters. The van der Waals surface area contributed by atoms with E-state index in [-0.39, 0.29) is 24.7 Å². The highest BCUT2D eigenvalue weighted by Crippen LogP contribution is 2.12. The number of aliphatic hydroxyl groups is 1. The van der Waals surface area contributed by atoms with Crippen LogP contribution in [0.5, 0.6) is 0 Å². The molecule has 0 saturated carbocycles. The monoisotopic (exact) mass is 232 g/mol. The number of rotatable bonds is 8. The average Bonchev–Trinajstić information content (AvgIpc) is 2.17. The lowest BCUT2D eigenvalue weighted by atomic mass is 9.97. The quantitative estimate of drug-likeness (QED) is 0.646. The molecule has 0 rings (SSSR count). The van der Waals surface area contributed by atoms with Gasteiger partial charge in [0.15, 0.2) is 0 Å². The van der Waals surface area contributed by atoms with E-state index in [9.17, 15) is 5.11 Å². The van der Waals surface area contributed by atoms with Gasteiger partial charge in [0, 0.05) is 25.2 Å². The van der Waals surface area contributed by atoms with Gasteiger partial charge in [0.2, 0.25) is 0 Å². The zero-order chi connectivity index (χ0) is 12.7. The molecule has 0 aromatic carbocycles. The minimum absolute atomic E-state index is 0.00699. The van der Waals surface area contributed by atoms with E-state index in [1.165, 1.54) is 0 Å². The second-order valence-corrected chi connectivity index (χ2v) is 5.01. The van der Waals surface area contributed by atoms with Crippen LogP contribution in [0.1, 0.15) is 27.2 Å². The third-order valence-corrected chi connectivity index (χ3v) is 3.05. The summed E-state index contributed by atoms with van der Waals surface area (Å²) in [5.74, 6) is 0.551. The molecule has 0 aliphatic rings. The number of nitrogens with zero attached hydrogens (tertiary/aromatic N) is 1. The molecule has 0 aliphatic carbocycles. The molecule has 0 fully saturated rings. The maximum atomic E-state index is 9.43. The van der Waals surface area contributed by atoms with Crippen molar-refractivity contribution in [2.24, 2.45) is 11.7 Å². The van der Waals surface area contributed by atoms with Gasteiger partial charge >= 0.3 is 0 Å². The summed E-state index contributed by atoms with van der Waals surface area (Å²) in [4.78, 5) is 2.11. The Bertz CT molecular complexity index is 176. The van der Waals surface area contributed by atoms with E-state index in [1.54, 1.807) is 7.11 Å². The molecule has 0 aliphatic heterocycles. The fourth-order valence-corrected chi connectivity index (χ4v) is 1.95. The molecule has 16 heavy (non-hydrogen) atoms. The van der Waals surface area contributed by atoms with Gasteiger partial charge in [-0.3, -0.25) is 4.90 Å². The summed E-state index contributed by atoms with van der Waals surface area (Å²) in [6, 6.07) is 0.280. The van der Waals surface area contributed by atoms with E-state index in [0.717, 1.165) is 6.42 Å².